The largest absolute Gasteiger partial charge is 0.396 e. The molecule has 0 aliphatic rings. The fourth-order valence-corrected chi connectivity index (χ4v) is 5.11. The molecule has 0 spiro atoms. The highest BCUT2D eigenvalue weighted by molar-refractivity contribution is 6.18. The van der Waals surface area contributed by atoms with Crippen molar-refractivity contribution in [2.75, 3.05) is 11.5 Å². The number of hydrogen-bond acceptors (Lipinski definition) is 5. The fraction of sp³-hybridized carbons (Fsp3) is 0.0606. The Morgan fingerprint density at radius 2 is 1.03 bits per heavy atom. The highest BCUT2D eigenvalue weighted by Crippen LogP contribution is 2.38. The minimum atomic E-state index is -0.101. The molecule has 2 aromatic heterocycles. The minimum absolute atomic E-state index is 0.101. The van der Waals surface area contributed by atoms with E-state index >= 15 is 0 Å². The second-order valence-electron chi connectivity index (χ2n) is 9.63. The van der Waals surface area contributed by atoms with Crippen LogP contribution in [-0.4, -0.2) is 15.8 Å². The van der Waals surface area contributed by atoms with Crippen molar-refractivity contribution in [3.8, 4) is 22.3 Å². The molecule has 5 nitrogen and oxygen atoms in total. The van der Waals surface area contributed by atoms with E-state index in [0.717, 1.165) is 55.2 Å². The van der Waals surface area contributed by atoms with Gasteiger partial charge in [-0.3, -0.25) is 14.8 Å². The van der Waals surface area contributed by atoms with Crippen molar-refractivity contribution in [2.45, 2.75) is 13.8 Å². The van der Waals surface area contributed by atoms with Gasteiger partial charge in [0.1, 0.15) is 0 Å². The zero-order valence-corrected chi connectivity index (χ0v) is 21.2. The number of carbonyl (C=O) groups is 1. The molecule has 184 valence electrons. The van der Waals surface area contributed by atoms with Gasteiger partial charge in [0.25, 0.3) is 0 Å². The molecular formula is C33H26N4O. The number of nitrogen functional groups attached to an aromatic ring is 2. The van der Waals surface area contributed by atoms with Crippen LogP contribution in [0.2, 0.25) is 0 Å². The van der Waals surface area contributed by atoms with Crippen molar-refractivity contribution < 1.29 is 4.79 Å². The highest BCUT2D eigenvalue weighted by Gasteiger charge is 2.22. The van der Waals surface area contributed by atoms with Gasteiger partial charge in [0, 0.05) is 45.4 Å². The van der Waals surface area contributed by atoms with Crippen molar-refractivity contribution in [2.24, 2.45) is 0 Å². The van der Waals surface area contributed by atoms with Gasteiger partial charge in [0.2, 0.25) is 0 Å². The molecule has 0 unspecified atom stereocenters. The molecule has 0 radical (unpaired) electrons. The number of pyridine rings is 2. The number of carbonyl (C=O) groups excluding carboxylic acids is 1. The van der Waals surface area contributed by atoms with E-state index < -0.39 is 0 Å². The van der Waals surface area contributed by atoms with Crippen LogP contribution in [0.25, 0.3) is 44.1 Å². The average molecular weight is 495 g/mol. The number of nitrogens with two attached hydrogens (primary N) is 2. The fourth-order valence-electron chi connectivity index (χ4n) is 5.11. The number of fused-ring (bicyclic) bond motifs is 2. The molecule has 0 fully saturated rings. The summed E-state index contributed by atoms with van der Waals surface area (Å²) in [5, 5.41) is 1.91. The molecule has 38 heavy (non-hydrogen) atoms. The van der Waals surface area contributed by atoms with Crippen LogP contribution in [0.3, 0.4) is 0 Å². The lowest BCUT2D eigenvalue weighted by atomic mass is 9.87. The van der Waals surface area contributed by atoms with Crippen LogP contribution in [0.4, 0.5) is 11.4 Å². The predicted molar refractivity (Wildman–Crippen MR) is 156 cm³/mol. The topological polar surface area (TPSA) is 94.9 Å². The van der Waals surface area contributed by atoms with Gasteiger partial charge < -0.3 is 11.5 Å². The first kappa shape index (κ1) is 23.4. The third-order valence-electron chi connectivity index (χ3n) is 7.05. The first-order valence-electron chi connectivity index (χ1n) is 12.5. The second-order valence-corrected chi connectivity index (χ2v) is 9.63. The molecule has 0 aliphatic carbocycles. The summed E-state index contributed by atoms with van der Waals surface area (Å²) in [5.41, 5.74) is 22.1. The number of nitrogens with zero attached hydrogens (tertiary/aromatic N) is 2. The Morgan fingerprint density at radius 3 is 1.47 bits per heavy atom. The number of aromatic nitrogens is 2. The Bertz CT molecular complexity index is 1750. The summed E-state index contributed by atoms with van der Waals surface area (Å²) in [6.07, 6.45) is 3.46. The third kappa shape index (κ3) is 3.85. The summed E-state index contributed by atoms with van der Waals surface area (Å²) in [5.74, 6) is -0.101. The first-order chi connectivity index (χ1) is 18.4. The first-order valence-corrected chi connectivity index (χ1v) is 12.5. The number of ketones is 1. The van der Waals surface area contributed by atoms with E-state index in [0.29, 0.717) is 22.5 Å². The molecular weight excluding hydrogens is 468 g/mol. The van der Waals surface area contributed by atoms with Crippen LogP contribution in [0.1, 0.15) is 27.0 Å². The molecule has 2 heterocycles. The van der Waals surface area contributed by atoms with Gasteiger partial charge >= 0.3 is 0 Å². The van der Waals surface area contributed by atoms with Gasteiger partial charge in [-0.05, 0) is 37.1 Å². The maximum atomic E-state index is 14.3. The van der Waals surface area contributed by atoms with Crippen LogP contribution < -0.4 is 11.5 Å². The molecule has 0 amide bonds. The zero-order chi connectivity index (χ0) is 26.4. The predicted octanol–water partition coefficient (Wildman–Crippen LogP) is 7.13. The van der Waals surface area contributed by atoms with E-state index in [1.54, 1.807) is 12.4 Å². The van der Waals surface area contributed by atoms with Crippen molar-refractivity contribution in [3.05, 3.63) is 120 Å². The van der Waals surface area contributed by atoms with Crippen molar-refractivity contribution >= 4 is 39.0 Å². The van der Waals surface area contributed by atoms with E-state index in [4.69, 9.17) is 11.5 Å². The summed E-state index contributed by atoms with van der Waals surface area (Å²) in [6.45, 7) is 4.01. The standard InChI is InChI=1S/C33H26N4O/c1-19-7-11-25(27(17-19)23-13-9-21-5-3-15-36-31(21)29(23)34)33(38)26-12-8-20(2)18-28(26)24-14-10-22-6-4-16-37-32(22)30(24)35/h3-18H,34-35H2,1-2H3. The monoisotopic (exact) mass is 494 g/mol. The minimum Gasteiger partial charge on any atom is -0.396 e. The van der Waals surface area contributed by atoms with E-state index in [2.05, 4.69) is 9.97 Å². The second kappa shape index (κ2) is 9.12. The molecule has 5 heteroatoms. The summed E-state index contributed by atoms with van der Waals surface area (Å²) in [4.78, 5) is 23.3. The lowest BCUT2D eigenvalue weighted by molar-refractivity contribution is 0.104. The molecule has 4 aromatic carbocycles. The number of rotatable bonds is 4. The van der Waals surface area contributed by atoms with Gasteiger partial charge in [0.05, 0.1) is 22.4 Å². The SMILES string of the molecule is Cc1ccc(C(=O)c2ccc(C)cc2-c2ccc3cccnc3c2N)c(-c2ccc3cccnc3c2N)c1. The van der Waals surface area contributed by atoms with E-state index in [1.807, 2.05) is 98.8 Å². The lowest BCUT2D eigenvalue weighted by Crippen LogP contribution is -2.08. The van der Waals surface area contributed by atoms with Gasteiger partial charge in [0.15, 0.2) is 5.78 Å². The summed E-state index contributed by atoms with van der Waals surface area (Å²) < 4.78 is 0. The summed E-state index contributed by atoms with van der Waals surface area (Å²) >= 11 is 0. The van der Waals surface area contributed by atoms with Crippen LogP contribution >= 0.6 is 0 Å². The molecule has 0 saturated carbocycles. The molecule has 0 bridgehead atoms. The maximum absolute atomic E-state index is 14.3. The summed E-state index contributed by atoms with van der Waals surface area (Å²) in [6, 6.07) is 27.3. The Kier molecular flexibility index (Phi) is 5.61. The highest BCUT2D eigenvalue weighted by atomic mass is 16.1. The molecule has 6 aromatic rings. The molecule has 6 rings (SSSR count). The van der Waals surface area contributed by atoms with Crippen molar-refractivity contribution in [3.63, 3.8) is 0 Å². The quantitative estimate of drug-likeness (QED) is 0.201. The Hall–Kier alpha value is -5.03. The lowest BCUT2D eigenvalue weighted by Gasteiger charge is -2.17. The van der Waals surface area contributed by atoms with Gasteiger partial charge in [-0.2, -0.15) is 0 Å². The Balaban J connectivity index is 1.55. The number of benzene rings is 4. The van der Waals surface area contributed by atoms with E-state index in [9.17, 15) is 4.79 Å². The average Bonchev–Trinajstić information content (AvgIpc) is 2.93. The Labute approximate surface area is 220 Å². The molecule has 0 atom stereocenters. The maximum Gasteiger partial charge on any atom is 0.194 e. The smallest absolute Gasteiger partial charge is 0.194 e. The number of anilines is 2. The van der Waals surface area contributed by atoms with Gasteiger partial charge in [-0.25, -0.2) is 0 Å². The van der Waals surface area contributed by atoms with E-state index in [1.165, 1.54) is 0 Å². The van der Waals surface area contributed by atoms with Gasteiger partial charge in [-0.1, -0.05) is 83.9 Å². The number of aryl methyl sites for hydroxylation is 2. The van der Waals surface area contributed by atoms with Crippen molar-refractivity contribution in [1.82, 2.24) is 9.97 Å². The van der Waals surface area contributed by atoms with Crippen LogP contribution in [0.15, 0.2) is 97.3 Å². The summed E-state index contributed by atoms with van der Waals surface area (Å²) in [7, 11) is 0. The molecule has 0 aliphatic heterocycles. The van der Waals surface area contributed by atoms with Crippen LogP contribution in [0.5, 0.6) is 0 Å². The Morgan fingerprint density at radius 1 is 0.579 bits per heavy atom. The normalized spacial score (nSPS) is 11.2. The third-order valence-corrected chi connectivity index (χ3v) is 7.05. The molecule has 4 N–H and O–H groups in total. The van der Waals surface area contributed by atoms with Gasteiger partial charge in [-0.15, -0.1) is 0 Å². The number of hydrogen-bond donors (Lipinski definition) is 2. The molecule has 0 saturated heterocycles. The van der Waals surface area contributed by atoms with Crippen molar-refractivity contribution in [1.29, 1.82) is 0 Å². The zero-order valence-electron chi connectivity index (χ0n) is 21.2. The van der Waals surface area contributed by atoms with E-state index in [-0.39, 0.29) is 5.78 Å². The van der Waals surface area contributed by atoms with Crippen LogP contribution in [0, 0.1) is 13.8 Å². The van der Waals surface area contributed by atoms with Crippen LogP contribution in [-0.2, 0) is 0 Å².